The number of allylic oxidation sites excluding steroid dienone is 10. The van der Waals surface area contributed by atoms with Gasteiger partial charge in [-0.3, -0.25) is 4.79 Å². The average molecular weight is 1400 g/mol. The first kappa shape index (κ1) is 92.8. The van der Waals surface area contributed by atoms with Crippen LogP contribution in [0, 0.1) is 0 Å². The molecule has 0 bridgehead atoms. The number of aliphatic hydroxyl groups is 8. The Balaban J connectivity index is 1.59. The van der Waals surface area contributed by atoms with Crippen LogP contribution in [-0.4, -0.2) is 140 Å². The number of amides is 1. The third-order valence-corrected chi connectivity index (χ3v) is 20.5. The van der Waals surface area contributed by atoms with E-state index in [1.807, 2.05) is 0 Å². The minimum atomic E-state index is -1.78. The van der Waals surface area contributed by atoms with Gasteiger partial charge in [-0.05, 0) is 57.8 Å². The number of hydrogen-bond acceptors (Lipinski definition) is 13. The molecule has 12 unspecified atom stereocenters. The first-order valence-corrected chi connectivity index (χ1v) is 42.0. The van der Waals surface area contributed by atoms with E-state index in [2.05, 4.69) is 79.9 Å². The van der Waals surface area contributed by atoms with Gasteiger partial charge in [0.05, 0.1) is 32.0 Å². The Hall–Kier alpha value is -2.31. The number of aliphatic hydroxyl groups excluding tert-OH is 8. The van der Waals surface area contributed by atoms with Gasteiger partial charge in [0, 0.05) is 6.42 Å². The Morgan fingerprint density at radius 1 is 0.374 bits per heavy atom. The van der Waals surface area contributed by atoms with Crippen molar-refractivity contribution in [1.82, 2.24) is 5.32 Å². The number of nitrogens with one attached hydrogen (secondary N) is 1. The van der Waals surface area contributed by atoms with Crippen LogP contribution in [-0.2, 0) is 23.7 Å². The molecule has 0 radical (unpaired) electrons. The second-order valence-corrected chi connectivity index (χ2v) is 29.6. The lowest BCUT2D eigenvalue weighted by Crippen LogP contribution is -2.65. The molecule has 14 nitrogen and oxygen atoms in total. The van der Waals surface area contributed by atoms with Gasteiger partial charge in [0.25, 0.3) is 0 Å². The number of unbranched alkanes of at least 4 members (excludes halogenated alkanes) is 48. The van der Waals surface area contributed by atoms with E-state index in [0.29, 0.717) is 12.8 Å². The van der Waals surface area contributed by atoms with E-state index in [4.69, 9.17) is 18.9 Å². The molecule has 2 rings (SSSR count). The van der Waals surface area contributed by atoms with Crippen LogP contribution < -0.4 is 5.32 Å². The van der Waals surface area contributed by atoms with Gasteiger partial charge >= 0.3 is 0 Å². The molecular weight excluding hydrogens is 1240 g/mol. The maximum Gasteiger partial charge on any atom is 0.220 e. The Morgan fingerprint density at radius 3 is 1.07 bits per heavy atom. The second kappa shape index (κ2) is 68.8. The van der Waals surface area contributed by atoms with E-state index >= 15 is 0 Å². The number of hydrogen-bond donors (Lipinski definition) is 9. The van der Waals surface area contributed by atoms with Crippen molar-refractivity contribution in [2.24, 2.45) is 0 Å². The molecule has 580 valence electrons. The van der Waals surface area contributed by atoms with Gasteiger partial charge in [-0.2, -0.15) is 0 Å². The van der Waals surface area contributed by atoms with Crippen molar-refractivity contribution in [2.75, 3.05) is 19.8 Å². The first-order chi connectivity index (χ1) is 48.6. The fraction of sp³-hybridized carbons (Fsp3) is 0.871. The van der Waals surface area contributed by atoms with E-state index in [1.54, 1.807) is 0 Å². The van der Waals surface area contributed by atoms with Crippen LogP contribution in [0.5, 0.6) is 0 Å². The lowest BCUT2D eigenvalue weighted by atomic mass is 9.97. The Labute approximate surface area is 606 Å². The van der Waals surface area contributed by atoms with Gasteiger partial charge in [0.1, 0.15) is 48.8 Å². The molecule has 0 aliphatic carbocycles. The topological polar surface area (TPSA) is 228 Å². The smallest absolute Gasteiger partial charge is 0.220 e. The van der Waals surface area contributed by atoms with E-state index in [9.17, 15) is 45.6 Å². The second-order valence-electron chi connectivity index (χ2n) is 29.6. The van der Waals surface area contributed by atoms with Crippen LogP contribution in [0.2, 0.25) is 0 Å². The van der Waals surface area contributed by atoms with Crippen LogP contribution in [0.4, 0.5) is 0 Å². The fourth-order valence-corrected chi connectivity index (χ4v) is 13.9. The highest BCUT2D eigenvalue weighted by Crippen LogP contribution is 2.31. The molecule has 9 N–H and O–H groups in total. The van der Waals surface area contributed by atoms with Crippen LogP contribution >= 0.6 is 0 Å². The van der Waals surface area contributed by atoms with E-state index < -0.39 is 86.8 Å². The van der Waals surface area contributed by atoms with Crippen LogP contribution in [0.1, 0.15) is 380 Å². The molecule has 12 atom stereocenters. The molecule has 0 saturated carbocycles. The van der Waals surface area contributed by atoms with E-state index in [1.165, 1.54) is 270 Å². The molecule has 1 amide bonds. The van der Waals surface area contributed by atoms with Crippen molar-refractivity contribution < 1.29 is 64.6 Å². The van der Waals surface area contributed by atoms with E-state index in [-0.39, 0.29) is 12.5 Å². The summed E-state index contributed by atoms with van der Waals surface area (Å²) in [4.78, 5) is 13.4. The molecule has 2 aliphatic rings. The lowest BCUT2D eigenvalue weighted by Gasteiger charge is -2.46. The number of carbonyl (C=O) groups is 1. The first-order valence-electron chi connectivity index (χ1n) is 42.0. The molecule has 2 heterocycles. The van der Waals surface area contributed by atoms with Gasteiger partial charge < -0.3 is 65.1 Å². The summed E-state index contributed by atoms with van der Waals surface area (Å²) in [6.07, 6.45) is 77.0. The molecule has 2 aliphatic heterocycles. The summed E-state index contributed by atoms with van der Waals surface area (Å²) >= 11 is 0. The van der Waals surface area contributed by atoms with Crippen molar-refractivity contribution in [1.29, 1.82) is 0 Å². The van der Waals surface area contributed by atoms with Crippen molar-refractivity contribution in [2.45, 2.75) is 453 Å². The molecule has 0 aromatic carbocycles. The molecule has 14 heteroatoms. The van der Waals surface area contributed by atoms with Crippen molar-refractivity contribution >= 4 is 5.91 Å². The van der Waals surface area contributed by atoms with Crippen molar-refractivity contribution in [3.63, 3.8) is 0 Å². The molecule has 2 saturated heterocycles. The Bertz CT molecular complexity index is 1900. The molecule has 0 aromatic heterocycles. The SMILES string of the molecule is CC/C=C\C/C=C\C/C=C\C/C=C\C/C=C\CCCCCCCCCCCCCCCCCCCC(=O)NC(COC1OC(CO)C(OC2OC(CO)C(O)C(O)C2O)C(O)C1O)C(O)CCCCCCCCCCCCCCCCCCCCCCCCCCCCCCCCCC. The molecule has 0 spiro atoms. The summed E-state index contributed by atoms with van der Waals surface area (Å²) in [5.41, 5.74) is 0. The van der Waals surface area contributed by atoms with E-state index in [0.717, 1.165) is 83.5 Å². The highest BCUT2D eigenvalue weighted by Gasteiger charge is 2.51. The fourth-order valence-electron chi connectivity index (χ4n) is 13.9. The van der Waals surface area contributed by atoms with Crippen molar-refractivity contribution in [3.8, 4) is 0 Å². The van der Waals surface area contributed by atoms with Crippen molar-refractivity contribution in [3.05, 3.63) is 60.8 Å². The number of rotatable bonds is 71. The predicted molar refractivity (Wildman–Crippen MR) is 411 cm³/mol. The summed E-state index contributed by atoms with van der Waals surface area (Å²) in [6.45, 7) is 2.81. The van der Waals surface area contributed by atoms with Gasteiger partial charge in [0.2, 0.25) is 5.91 Å². The normalized spacial score (nSPS) is 22.2. The Kier molecular flexibility index (Phi) is 64.5. The standard InChI is InChI=1S/C85H157NO13/c1-3-5-7-9-11-13-15-17-19-21-23-25-27-29-31-33-35-37-39-41-43-45-47-49-51-53-55-57-59-61-63-65-67-69-77(90)86-73(72-96-84-82(95)80(93)83(76(71-88)98-84)99-85-81(94)79(92)78(91)75(70-87)97-85)74(89)68-66-64-62-60-58-56-54-52-50-48-46-44-42-40-38-36-34-32-30-28-26-24-22-20-18-16-14-12-10-8-6-4-2/h5,7,11,13,17,19,23,25,29,31,73-76,78-85,87-89,91-95H,3-4,6,8-10,12,14-16,18,20-22,24,26-28,30,32-72H2,1-2H3,(H,86,90)/b7-5-,13-11-,19-17-,25-23-,31-29-. The third-order valence-electron chi connectivity index (χ3n) is 20.5. The monoisotopic (exact) mass is 1400 g/mol. The Morgan fingerprint density at radius 2 is 0.697 bits per heavy atom. The van der Waals surface area contributed by atoms with Gasteiger partial charge in [-0.15, -0.1) is 0 Å². The zero-order valence-corrected chi connectivity index (χ0v) is 63.7. The predicted octanol–water partition coefficient (Wildman–Crippen LogP) is 19.5. The zero-order valence-electron chi connectivity index (χ0n) is 63.7. The maximum absolute atomic E-state index is 13.4. The molecular formula is C85H157NO13. The summed E-state index contributed by atoms with van der Waals surface area (Å²) in [5, 5.41) is 88.0. The third kappa shape index (κ3) is 51.5. The van der Waals surface area contributed by atoms with Crippen LogP contribution in [0.15, 0.2) is 60.8 Å². The minimum absolute atomic E-state index is 0.201. The molecule has 0 aromatic rings. The van der Waals surface area contributed by atoms with Gasteiger partial charge in [0.15, 0.2) is 12.6 Å². The molecule has 99 heavy (non-hydrogen) atoms. The number of carbonyl (C=O) groups excluding carboxylic acids is 1. The average Bonchev–Trinajstić information content (AvgIpc) is 0.793. The highest BCUT2D eigenvalue weighted by atomic mass is 16.7. The lowest BCUT2D eigenvalue weighted by molar-refractivity contribution is -0.359. The van der Waals surface area contributed by atoms with Crippen LogP contribution in [0.3, 0.4) is 0 Å². The molecule has 2 fully saturated rings. The van der Waals surface area contributed by atoms with Gasteiger partial charge in [-0.25, -0.2) is 0 Å². The minimum Gasteiger partial charge on any atom is -0.394 e. The number of ether oxygens (including phenoxy) is 4. The quantitative estimate of drug-likeness (QED) is 0.0204. The van der Waals surface area contributed by atoms with Crippen LogP contribution in [0.25, 0.3) is 0 Å². The maximum atomic E-state index is 13.4. The highest BCUT2D eigenvalue weighted by molar-refractivity contribution is 5.76. The summed E-state index contributed by atoms with van der Waals surface area (Å²) in [7, 11) is 0. The van der Waals surface area contributed by atoms with Gasteiger partial charge in [-0.1, -0.05) is 376 Å². The largest absolute Gasteiger partial charge is 0.394 e. The summed E-state index contributed by atoms with van der Waals surface area (Å²) < 4.78 is 23.0. The zero-order chi connectivity index (χ0) is 71.5. The summed E-state index contributed by atoms with van der Waals surface area (Å²) in [5.74, 6) is -0.201. The summed E-state index contributed by atoms with van der Waals surface area (Å²) in [6, 6.07) is -0.832.